The SMILES string of the molecule is CC(C)(C)[S@](N)=O.CCC(=N[S@](=O)C(C)(C)C)c1ccc(Br)nc1.CCC(=O)c1ccc(Br)nc1.CC[C@H](N)c1ccc(Br)nc1.CC[C@H](N[S@](=O)C(C)(C)C)c1ccc(Br)nc1.CO.ClCCCl.O=Cc1ccc(Br)nc1. The molecule has 0 radical (unpaired) electrons. The fourth-order valence-electron chi connectivity index (χ4n) is 4.44. The van der Waals surface area contributed by atoms with Crippen molar-refractivity contribution in [1.29, 1.82) is 0 Å². The lowest BCUT2D eigenvalue weighted by Crippen LogP contribution is -2.35. The molecule has 0 saturated heterocycles. The molecule has 0 aliphatic rings. The summed E-state index contributed by atoms with van der Waals surface area (Å²) >= 11 is 26.3. The molecule has 5 aromatic rings. The first-order chi connectivity index (χ1) is 36.3. The van der Waals surface area contributed by atoms with Crippen LogP contribution in [0, 0.1) is 0 Å². The molecule has 5 atom stereocenters. The predicted octanol–water partition coefficient (Wildman–Crippen LogP) is 14.7. The van der Waals surface area contributed by atoms with Crippen molar-refractivity contribution in [2.75, 3.05) is 18.9 Å². The third-order valence-corrected chi connectivity index (χ3v) is 16.2. The molecule has 6 N–H and O–H groups in total. The molecule has 25 heteroatoms. The Balaban J connectivity index is -0.000000866. The van der Waals surface area contributed by atoms with Gasteiger partial charge in [0.1, 0.15) is 34.0 Å². The van der Waals surface area contributed by atoms with Gasteiger partial charge in [0.05, 0.1) is 41.9 Å². The van der Waals surface area contributed by atoms with Crippen LogP contribution >= 0.6 is 103 Å². The van der Waals surface area contributed by atoms with Crippen LogP contribution in [0.1, 0.15) is 165 Å². The van der Waals surface area contributed by atoms with Gasteiger partial charge in [-0.2, -0.15) is 4.40 Å². The molecule has 5 rings (SSSR count). The van der Waals surface area contributed by atoms with Gasteiger partial charge in [-0.15, -0.1) is 23.2 Å². The highest BCUT2D eigenvalue weighted by Gasteiger charge is 2.23. The number of carbonyl (C=O) groups is 2. The number of hydrogen-bond donors (Lipinski definition) is 4. The zero-order chi connectivity index (χ0) is 60.8. The molecular weight excluding hydrogens is 1430 g/mol. The number of nitrogens with zero attached hydrogens (tertiary/aromatic N) is 6. The predicted molar refractivity (Wildman–Crippen MR) is 347 cm³/mol. The van der Waals surface area contributed by atoms with Crippen LogP contribution < -0.4 is 15.6 Å². The van der Waals surface area contributed by atoms with Gasteiger partial charge in [0, 0.05) is 85.0 Å². The summed E-state index contributed by atoms with van der Waals surface area (Å²) in [6, 6.07) is 18.7. The minimum atomic E-state index is -1.22. The van der Waals surface area contributed by atoms with Crippen molar-refractivity contribution in [2.45, 2.75) is 142 Å². The summed E-state index contributed by atoms with van der Waals surface area (Å²) in [5.41, 5.74) is 11.0. The summed E-state index contributed by atoms with van der Waals surface area (Å²) in [4.78, 5) is 41.3. The molecule has 0 aliphatic carbocycles. The van der Waals surface area contributed by atoms with Crippen LogP contribution in [0.5, 0.6) is 0 Å². The first-order valence-electron chi connectivity index (χ1n) is 24.1. The summed E-state index contributed by atoms with van der Waals surface area (Å²) in [6.45, 7) is 25.1. The number of Topliss-reactive ketones (excluding diaryl/α,β-unsaturated/α-hetero) is 1. The maximum atomic E-state index is 12.0. The Hall–Kier alpha value is -1.97. The summed E-state index contributed by atoms with van der Waals surface area (Å²) in [7, 11) is -2.47. The molecule has 5 aromatic heterocycles. The average molecular weight is 1500 g/mol. The normalized spacial score (nSPS) is 12.8. The first-order valence-corrected chi connectivity index (χ1v) is 32.6. The highest BCUT2D eigenvalue weighted by atomic mass is 79.9. The Kier molecular flexibility index (Phi) is 45.9. The van der Waals surface area contributed by atoms with E-state index in [9.17, 15) is 22.2 Å². The minimum Gasteiger partial charge on any atom is -0.400 e. The van der Waals surface area contributed by atoms with E-state index in [0.717, 1.165) is 78.1 Å². The summed E-state index contributed by atoms with van der Waals surface area (Å²) in [6.07, 6.45) is 12.3. The largest absolute Gasteiger partial charge is 0.400 e. The number of nitrogens with two attached hydrogens (primary N) is 2. The molecule has 0 bridgehead atoms. The molecule has 0 unspecified atom stereocenters. The fraction of sp³-hybridized carbons (Fsp3) is 0.472. The molecule has 0 spiro atoms. The Bertz CT molecular complexity index is 2510. The van der Waals surface area contributed by atoms with Crippen LogP contribution in [0.4, 0.5) is 0 Å². The van der Waals surface area contributed by atoms with Crippen molar-refractivity contribution in [3.63, 3.8) is 0 Å². The number of pyridine rings is 5. The van der Waals surface area contributed by atoms with Crippen LogP contribution in [-0.4, -0.2) is 93.5 Å². The summed E-state index contributed by atoms with van der Waals surface area (Å²) in [5, 5.41) is 12.0. The van der Waals surface area contributed by atoms with Gasteiger partial charge >= 0.3 is 0 Å². The molecule has 5 heterocycles. The fourth-order valence-corrected chi connectivity index (χ4v) is 7.23. The molecule has 78 heavy (non-hydrogen) atoms. The van der Waals surface area contributed by atoms with Crippen LogP contribution in [0.2, 0.25) is 0 Å². The quantitative estimate of drug-likeness (QED) is 0.0283. The van der Waals surface area contributed by atoms with Crippen molar-refractivity contribution in [1.82, 2.24) is 29.6 Å². The molecule has 438 valence electrons. The van der Waals surface area contributed by atoms with Crippen LogP contribution in [0.25, 0.3) is 0 Å². The number of aliphatic hydroxyl groups excluding tert-OH is 1. The molecule has 0 amide bonds. The number of carbonyl (C=O) groups excluding carboxylic acids is 2. The van der Waals surface area contributed by atoms with Crippen molar-refractivity contribution < 1.29 is 27.3 Å². The second-order valence-corrected chi connectivity index (χ2v) is 28.9. The smallest absolute Gasteiger partial charge is 0.164 e. The van der Waals surface area contributed by atoms with Gasteiger partial charge in [-0.1, -0.05) is 39.8 Å². The third-order valence-electron chi connectivity index (χ3n) is 9.03. The Morgan fingerprint density at radius 2 is 1.01 bits per heavy atom. The highest BCUT2D eigenvalue weighted by Crippen LogP contribution is 2.21. The first kappa shape index (κ1) is 80.3. The number of aldehydes is 1. The van der Waals surface area contributed by atoms with E-state index in [0.29, 0.717) is 29.3 Å². The van der Waals surface area contributed by atoms with Crippen LogP contribution in [0.3, 0.4) is 0 Å². The van der Waals surface area contributed by atoms with E-state index < -0.39 is 33.0 Å². The Labute approximate surface area is 524 Å². The maximum absolute atomic E-state index is 12.0. The standard InChI is InChI=1S/C12H19BrN2OS.C12H17BrN2OS.C8H11BrN2.C8H8BrNO.C6H4BrNO.C4H11NOS.C2H4Cl2.CH4O/c2*1-5-10(15-17(16)12(2,3)4)9-6-7-11(13)14-8-9;1-2-7(10)6-3-4-8(9)11-5-6;1-2-7(11)6-3-4-8(9)10-5-6;7-6-2-1-5(4-9)3-8-6;1-4(2,3)7(5)6;3-1-2-4;1-2/h6-8,10,15H,5H2,1-4H3;6-8H,5H2,1-4H3;3-5,7H,2,10H2,1H3;3-5H,2H2,1H3;1-4H;5H2,1-3H3;1-2H2;2H,1H3/t10-,17+;17-;7-;;;7-;;/m010..1../s1. The minimum absolute atomic E-state index is 0.0793. The maximum Gasteiger partial charge on any atom is 0.164 e. The Morgan fingerprint density at radius 1 is 0.615 bits per heavy atom. The molecule has 0 fully saturated rings. The van der Waals surface area contributed by atoms with Gasteiger partial charge < -0.3 is 10.8 Å². The number of alkyl halides is 2. The highest BCUT2D eigenvalue weighted by molar-refractivity contribution is 9.11. The molecule has 0 aliphatic heterocycles. The number of nitrogens with one attached hydrogen (secondary N) is 1. The van der Waals surface area contributed by atoms with Crippen molar-refractivity contribution >= 4 is 154 Å². The van der Waals surface area contributed by atoms with Crippen LogP contribution in [-0.2, 0) is 33.0 Å². The lowest BCUT2D eigenvalue weighted by atomic mass is 10.1. The van der Waals surface area contributed by atoms with Gasteiger partial charge in [0.2, 0.25) is 0 Å². The van der Waals surface area contributed by atoms with E-state index >= 15 is 0 Å². The van der Waals surface area contributed by atoms with E-state index in [4.69, 9.17) is 39.2 Å². The summed E-state index contributed by atoms with van der Waals surface area (Å²) < 4.78 is 44.9. The lowest BCUT2D eigenvalue weighted by molar-refractivity contribution is 0.0987. The average Bonchev–Trinajstić information content (AvgIpc) is 3.41. The molecular formula is C53H78Br5Cl2N9O6S3. The topological polar surface area (TPSA) is 246 Å². The number of aliphatic hydroxyl groups is 1. The number of rotatable bonds is 13. The van der Waals surface area contributed by atoms with Gasteiger partial charge in [-0.3, -0.25) is 14.7 Å². The third kappa shape index (κ3) is 38.7. The van der Waals surface area contributed by atoms with Gasteiger partial charge in [-0.25, -0.2) is 42.3 Å². The van der Waals surface area contributed by atoms with Gasteiger partial charge in [0.25, 0.3) is 0 Å². The van der Waals surface area contributed by atoms with E-state index in [1.54, 1.807) is 42.9 Å². The van der Waals surface area contributed by atoms with E-state index in [1.807, 2.05) is 119 Å². The number of ketones is 1. The van der Waals surface area contributed by atoms with Crippen LogP contribution in [0.15, 0.2) is 119 Å². The van der Waals surface area contributed by atoms with E-state index in [1.165, 1.54) is 6.20 Å². The molecule has 0 aromatic carbocycles. The van der Waals surface area contributed by atoms with Gasteiger partial charge in [-0.05, 0) is 221 Å². The van der Waals surface area contributed by atoms with E-state index in [2.05, 4.69) is 128 Å². The van der Waals surface area contributed by atoms with Gasteiger partial charge in [0.15, 0.2) is 12.1 Å². The van der Waals surface area contributed by atoms with Crippen molar-refractivity contribution in [3.05, 3.63) is 142 Å². The zero-order valence-electron chi connectivity index (χ0n) is 46.8. The summed E-state index contributed by atoms with van der Waals surface area (Å²) in [5.74, 6) is 1.24. The number of hydrogen-bond acceptors (Lipinski definition) is 12. The van der Waals surface area contributed by atoms with Crippen molar-refractivity contribution in [2.24, 2.45) is 15.3 Å². The van der Waals surface area contributed by atoms with Crippen molar-refractivity contribution in [3.8, 4) is 0 Å². The molecule has 0 saturated carbocycles. The lowest BCUT2D eigenvalue weighted by Gasteiger charge is -2.23. The monoisotopic (exact) mass is 1500 g/mol. The van der Waals surface area contributed by atoms with E-state index in [-0.39, 0.29) is 32.1 Å². The second-order valence-electron chi connectivity index (χ2n) is 18.4. The second kappa shape index (κ2) is 44.6. The zero-order valence-corrected chi connectivity index (χ0v) is 58.7. The Morgan fingerprint density at radius 3 is 1.29 bits per heavy atom. The number of aromatic nitrogens is 5. The number of halogens is 7. The molecule has 15 nitrogen and oxygen atoms in total.